The van der Waals surface area contributed by atoms with Crippen molar-refractivity contribution in [3.05, 3.63) is 52.8 Å². The number of nitrogens with one attached hydrogen (secondary N) is 2. The highest BCUT2D eigenvalue weighted by molar-refractivity contribution is 9.10. The molecule has 0 aliphatic carbocycles. The maximum atomic E-state index is 14.2. The molecule has 3 aromatic rings. The highest BCUT2D eigenvalue weighted by Crippen LogP contribution is 2.31. The second kappa shape index (κ2) is 6.53. The molecule has 1 atom stereocenters. The minimum absolute atomic E-state index is 0.0582. The van der Waals surface area contributed by atoms with Gasteiger partial charge in [-0.2, -0.15) is 5.10 Å². The van der Waals surface area contributed by atoms with Crippen LogP contribution < -0.4 is 10.2 Å². The number of nitrogens with zero attached hydrogens (tertiary/aromatic N) is 2. The Balaban J connectivity index is 1.56. The number of benzene rings is 2. The third-order valence-corrected chi connectivity index (χ3v) is 4.86. The Kier molecular flexibility index (Phi) is 4.20. The highest BCUT2D eigenvalue weighted by Gasteiger charge is 2.37. The zero-order valence-electron chi connectivity index (χ0n) is 13.5. The molecule has 0 spiro atoms. The van der Waals surface area contributed by atoms with E-state index in [1.165, 1.54) is 11.0 Å². The van der Waals surface area contributed by atoms with E-state index >= 15 is 0 Å². The van der Waals surface area contributed by atoms with E-state index in [0.29, 0.717) is 11.2 Å². The minimum atomic E-state index is -0.528. The van der Waals surface area contributed by atoms with Crippen LogP contribution in [0.25, 0.3) is 10.9 Å². The average molecular weight is 417 g/mol. The van der Waals surface area contributed by atoms with Gasteiger partial charge >= 0.3 is 0 Å². The Hall–Kier alpha value is -2.74. The minimum Gasteiger partial charge on any atom is -0.326 e. The van der Waals surface area contributed by atoms with E-state index < -0.39 is 11.7 Å². The third-order valence-electron chi connectivity index (χ3n) is 4.36. The van der Waals surface area contributed by atoms with Crippen LogP contribution in [0.2, 0.25) is 0 Å². The van der Waals surface area contributed by atoms with Crippen molar-refractivity contribution in [2.45, 2.75) is 6.42 Å². The van der Waals surface area contributed by atoms with Crippen molar-refractivity contribution in [1.82, 2.24) is 10.2 Å². The molecule has 4 rings (SSSR count). The van der Waals surface area contributed by atoms with Crippen molar-refractivity contribution in [2.75, 3.05) is 16.8 Å². The molecule has 1 saturated heterocycles. The topological polar surface area (TPSA) is 78.1 Å². The molecule has 2 heterocycles. The van der Waals surface area contributed by atoms with Gasteiger partial charge in [-0.25, -0.2) is 4.39 Å². The molecule has 1 aliphatic heterocycles. The van der Waals surface area contributed by atoms with E-state index in [9.17, 15) is 14.0 Å². The van der Waals surface area contributed by atoms with E-state index in [-0.39, 0.29) is 36.0 Å². The van der Waals surface area contributed by atoms with Gasteiger partial charge in [0.25, 0.3) is 0 Å². The molecule has 2 amide bonds. The second-order valence-corrected chi connectivity index (χ2v) is 7.03. The summed E-state index contributed by atoms with van der Waals surface area (Å²) in [6.45, 7) is 0.160. The quantitative estimate of drug-likeness (QED) is 0.686. The first-order valence-electron chi connectivity index (χ1n) is 8.02. The molecule has 8 heteroatoms. The van der Waals surface area contributed by atoms with Crippen molar-refractivity contribution in [3.63, 3.8) is 0 Å². The number of halogens is 2. The zero-order chi connectivity index (χ0) is 18.3. The number of hydrogen-bond acceptors (Lipinski definition) is 3. The number of anilines is 2. The molecule has 0 radical (unpaired) electrons. The second-order valence-electron chi connectivity index (χ2n) is 6.11. The number of H-pyrrole nitrogens is 1. The largest absolute Gasteiger partial charge is 0.326 e. The SMILES string of the molecule is O=C(Nc1cccc(Br)c1)C1CC(=O)N(c2n[nH]c3cccc(F)c23)C1. The summed E-state index contributed by atoms with van der Waals surface area (Å²) in [6.07, 6.45) is 0.0582. The number of aromatic amines is 1. The summed E-state index contributed by atoms with van der Waals surface area (Å²) in [5.41, 5.74) is 1.15. The van der Waals surface area contributed by atoms with Crippen LogP contribution in [0.15, 0.2) is 46.9 Å². The fraction of sp³-hybridized carbons (Fsp3) is 0.167. The summed E-state index contributed by atoms with van der Waals surface area (Å²) in [4.78, 5) is 26.3. The lowest BCUT2D eigenvalue weighted by molar-refractivity contribution is -0.122. The van der Waals surface area contributed by atoms with Crippen molar-refractivity contribution in [1.29, 1.82) is 0 Å². The van der Waals surface area contributed by atoms with Gasteiger partial charge in [0.1, 0.15) is 5.82 Å². The first-order chi connectivity index (χ1) is 12.5. The van der Waals surface area contributed by atoms with Gasteiger partial charge in [0.15, 0.2) is 5.82 Å². The van der Waals surface area contributed by atoms with Crippen LogP contribution in [0.1, 0.15) is 6.42 Å². The van der Waals surface area contributed by atoms with Crippen LogP contribution in [-0.2, 0) is 9.59 Å². The zero-order valence-corrected chi connectivity index (χ0v) is 15.1. The maximum absolute atomic E-state index is 14.2. The van der Waals surface area contributed by atoms with Crippen molar-refractivity contribution in [2.24, 2.45) is 5.92 Å². The first kappa shape index (κ1) is 16.7. The van der Waals surface area contributed by atoms with Crippen LogP contribution in [0.3, 0.4) is 0 Å². The van der Waals surface area contributed by atoms with Crippen molar-refractivity contribution >= 4 is 50.2 Å². The first-order valence-corrected chi connectivity index (χ1v) is 8.81. The monoisotopic (exact) mass is 416 g/mol. The summed E-state index contributed by atoms with van der Waals surface area (Å²) in [6, 6.07) is 11.8. The van der Waals surface area contributed by atoms with Gasteiger partial charge < -0.3 is 5.32 Å². The Bertz CT molecular complexity index is 1020. The number of carbonyl (C=O) groups is 2. The Morgan fingerprint density at radius 2 is 2.12 bits per heavy atom. The van der Waals surface area contributed by atoms with E-state index in [2.05, 4.69) is 31.4 Å². The highest BCUT2D eigenvalue weighted by atomic mass is 79.9. The van der Waals surface area contributed by atoms with Crippen LogP contribution >= 0.6 is 15.9 Å². The maximum Gasteiger partial charge on any atom is 0.229 e. The average Bonchev–Trinajstić information content (AvgIpc) is 3.19. The molecule has 6 nitrogen and oxygen atoms in total. The lowest BCUT2D eigenvalue weighted by atomic mass is 10.1. The number of rotatable bonds is 3. The van der Waals surface area contributed by atoms with Gasteiger partial charge in [-0.15, -0.1) is 0 Å². The molecule has 1 aromatic heterocycles. The number of hydrogen-bond donors (Lipinski definition) is 2. The fourth-order valence-corrected chi connectivity index (χ4v) is 3.51. The van der Waals surface area contributed by atoms with Gasteiger partial charge in [0.05, 0.1) is 16.8 Å². The predicted molar refractivity (Wildman–Crippen MR) is 99.3 cm³/mol. The third kappa shape index (κ3) is 2.96. The van der Waals surface area contributed by atoms with Gasteiger partial charge in [-0.05, 0) is 30.3 Å². The summed E-state index contributed by atoms with van der Waals surface area (Å²) in [5, 5.41) is 9.87. The Morgan fingerprint density at radius 3 is 2.92 bits per heavy atom. The molecule has 1 unspecified atom stereocenters. The van der Waals surface area contributed by atoms with Gasteiger partial charge in [-0.1, -0.05) is 28.1 Å². The standard InChI is InChI=1S/C18H14BrFN4O2/c19-11-3-1-4-12(8-11)21-18(26)10-7-15(25)24(9-10)17-16-13(20)5-2-6-14(16)22-23-17/h1-6,8,10H,7,9H2,(H,21,26)(H,22,23). The molecular weight excluding hydrogens is 403 g/mol. The number of amides is 2. The van der Waals surface area contributed by atoms with Gasteiger partial charge in [-0.3, -0.25) is 19.6 Å². The molecular formula is C18H14BrFN4O2. The van der Waals surface area contributed by atoms with Gasteiger partial charge in [0.2, 0.25) is 11.8 Å². The number of carbonyl (C=O) groups excluding carboxylic acids is 2. The van der Waals surface area contributed by atoms with Crippen LogP contribution in [0, 0.1) is 11.7 Å². The molecule has 132 valence electrons. The summed E-state index contributed by atoms with van der Waals surface area (Å²) < 4.78 is 15.0. The molecule has 1 fully saturated rings. The normalized spacial score (nSPS) is 17.1. The van der Waals surface area contributed by atoms with Crippen LogP contribution in [0.4, 0.5) is 15.9 Å². The lowest BCUT2D eigenvalue weighted by Crippen LogP contribution is -2.28. The number of fused-ring (bicyclic) bond motifs is 1. The smallest absolute Gasteiger partial charge is 0.229 e. The number of aromatic nitrogens is 2. The molecule has 2 aromatic carbocycles. The van der Waals surface area contributed by atoms with Crippen molar-refractivity contribution in [3.8, 4) is 0 Å². The van der Waals surface area contributed by atoms with Crippen molar-refractivity contribution < 1.29 is 14.0 Å². The molecule has 1 aliphatic rings. The van der Waals surface area contributed by atoms with E-state index in [1.807, 2.05) is 12.1 Å². The Morgan fingerprint density at radius 1 is 1.31 bits per heavy atom. The summed E-state index contributed by atoms with van der Waals surface area (Å²) in [5.74, 6) is -1.27. The molecule has 26 heavy (non-hydrogen) atoms. The molecule has 0 saturated carbocycles. The van der Waals surface area contributed by atoms with E-state index in [1.54, 1.807) is 24.3 Å². The van der Waals surface area contributed by atoms with E-state index in [4.69, 9.17) is 0 Å². The fourth-order valence-electron chi connectivity index (χ4n) is 3.11. The molecule has 0 bridgehead atoms. The summed E-state index contributed by atoms with van der Waals surface area (Å²) >= 11 is 3.35. The van der Waals surface area contributed by atoms with E-state index in [0.717, 1.165) is 4.47 Å². The Labute approximate surface area is 156 Å². The van der Waals surface area contributed by atoms with Crippen LogP contribution in [0.5, 0.6) is 0 Å². The lowest BCUT2D eigenvalue weighted by Gasteiger charge is -2.14. The van der Waals surface area contributed by atoms with Gasteiger partial charge in [0, 0.05) is 23.1 Å². The summed E-state index contributed by atoms with van der Waals surface area (Å²) in [7, 11) is 0. The predicted octanol–water partition coefficient (Wildman–Crippen LogP) is 3.46. The molecule has 2 N–H and O–H groups in total. The van der Waals surface area contributed by atoms with Crippen LogP contribution in [-0.4, -0.2) is 28.6 Å².